The van der Waals surface area contributed by atoms with Crippen molar-refractivity contribution < 1.29 is 13.6 Å². The molecule has 2 atom stereocenters. The van der Waals surface area contributed by atoms with Crippen LogP contribution in [0.2, 0.25) is 0 Å². The molecule has 27 heavy (non-hydrogen) atoms. The van der Waals surface area contributed by atoms with Crippen LogP contribution >= 0.6 is 0 Å². The third-order valence-electron chi connectivity index (χ3n) is 4.91. The number of hydrogen-bond acceptors (Lipinski definition) is 3. The number of benzene rings is 2. The molecule has 0 unspecified atom stereocenters. The number of rotatable bonds is 6. The normalized spacial score (nSPS) is 18.3. The number of nitrogens with one attached hydrogen (secondary N) is 1. The predicted molar refractivity (Wildman–Crippen MR) is 101 cm³/mol. The first kappa shape index (κ1) is 19.5. The van der Waals surface area contributed by atoms with Crippen molar-refractivity contribution in [1.29, 1.82) is 0 Å². The zero-order valence-corrected chi connectivity index (χ0v) is 15.2. The summed E-state index contributed by atoms with van der Waals surface area (Å²) in [6.45, 7) is 2.09. The second kappa shape index (κ2) is 9.06. The van der Waals surface area contributed by atoms with Gasteiger partial charge in [-0.2, -0.15) is 0 Å². The summed E-state index contributed by atoms with van der Waals surface area (Å²) in [4.78, 5) is 14.7. The highest BCUT2D eigenvalue weighted by molar-refractivity contribution is 5.77. The van der Waals surface area contributed by atoms with E-state index in [4.69, 9.17) is 5.73 Å². The highest BCUT2D eigenvalue weighted by Crippen LogP contribution is 2.16. The van der Waals surface area contributed by atoms with E-state index in [1.807, 2.05) is 23.1 Å². The van der Waals surface area contributed by atoms with Crippen molar-refractivity contribution in [1.82, 2.24) is 10.2 Å². The molecule has 1 saturated heterocycles. The lowest BCUT2D eigenvalue weighted by Gasteiger charge is -2.37. The van der Waals surface area contributed by atoms with E-state index in [0.717, 1.165) is 37.7 Å². The third kappa shape index (κ3) is 5.34. The quantitative estimate of drug-likeness (QED) is 0.817. The van der Waals surface area contributed by atoms with Crippen LogP contribution in [-0.2, 0) is 17.6 Å². The fourth-order valence-electron chi connectivity index (χ4n) is 3.55. The molecule has 144 valence electrons. The summed E-state index contributed by atoms with van der Waals surface area (Å²) in [5.41, 5.74) is 7.46. The second-order valence-corrected chi connectivity index (χ2v) is 7.04. The van der Waals surface area contributed by atoms with Crippen LogP contribution in [0.3, 0.4) is 0 Å². The highest BCUT2D eigenvalue weighted by Gasteiger charge is 2.27. The number of nitrogens with zero attached hydrogens (tertiary/aromatic N) is 1. The monoisotopic (exact) mass is 373 g/mol. The fraction of sp³-hybridized carbons (Fsp3) is 0.381. The van der Waals surface area contributed by atoms with Crippen molar-refractivity contribution in [2.24, 2.45) is 5.73 Å². The van der Waals surface area contributed by atoms with Gasteiger partial charge in [0.1, 0.15) is 11.6 Å². The van der Waals surface area contributed by atoms with Crippen molar-refractivity contribution in [2.45, 2.75) is 31.3 Å². The smallest absolute Gasteiger partial charge is 0.224 e. The summed E-state index contributed by atoms with van der Waals surface area (Å²) < 4.78 is 27.1. The minimum atomic E-state index is -0.555. The van der Waals surface area contributed by atoms with E-state index in [2.05, 4.69) is 17.4 Å². The Kier molecular flexibility index (Phi) is 6.53. The summed E-state index contributed by atoms with van der Waals surface area (Å²) in [7, 11) is 0. The van der Waals surface area contributed by atoms with Crippen molar-refractivity contribution in [3.8, 4) is 0 Å². The van der Waals surface area contributed by atoms with Crippen LogP contribution in [0.15, 0.2) is 48.5 Å². The number of hydrogen-bond donors (Lipinski definition) is 2. The first-order valence-electron chi connectivity index (χ1n) is 9.26. The number of nitrogens with two attached hydrogens (primary N) is 1. The van der Waals surface area contributed by atoms with E-state index in [1.54, 1.807) is 0 Å². The zero-order valence-electron chi connectivity index (χ0n) is 15.2. The molecule has 0 spiro atoms. The standard InChI is InChI=1S/C21H25F2N3O/c22-17-6-7-20(23)16(11-17)12-18(24)13-21(27)26-9-8-25-14-19(26)10-15-4-2-1-3-5-15/h1-7,11,18-19,25H,8-10,12-14,24H2/t18-,19-/m1/s1. The van der Waals surface area contributed by atoms with E-state index in [-0.39, 0.29) is 30.4 Å². The number of piperazine rings is 1. The SMILES string of the molecule is N[C@@H](CC(=O)N1CCNC[C@H]1Cc1ccccc1)Cc1cc(F)ccc1F. The average molecular weight is 373 g/mol. The van der Waals surface area contributed by atoms with Gasteiger partial charge in [-0.15, -0.1) is 0 Å². The summed E-state index contributed by atoms with van der Waals surface area (Å²) in [5, 5.41) is 3.33. The average Bonchev–Trinajstić information content (AvgIpc) is 2.66. The summed E-state index contributed by atoms with van der Waals surface area (Å²) >= 11 is 0. The molecular formula is C21H25F2N3O. The maximum atomic E-state index is 13.8. The molecule has 0 radical (unpaired) electrons. The fourth-order valence-corrected chi connectivity index (χ4v) is 3.55. The maximum Gasteiger partial charge on any atom is 0.224 e. The van der Waals surface area contributed by atoms with Crippen molar-refractivity contribution in [2.75, 3.05) is 19.6 Å². The maximum absolute atomic E-state index is 13.8. The first-order valence-corrected chi connectivity index (χ1v) is 9.26. The van der Waals surface area contributed by atoms with Gasteiger partial charge in [-0.05, 0) is 42.2 Å². The molecule has 1 amide bonds. The van der Waals surface area contributed by atoms with Crippen LogP contribution in [0.4, 0.5) is 8.78 Å². The minimum absolute atomic E-state index is 0.0401. The molecule has 2 aromatic rings. The predicted octanol–water partition coefficient (Wildman–Crippen LogP) is 2.27. The number of halogens is 2. The Morgan fingerprint density at radius 1 is 1.22 bits per heavy atom. The van der Waals surface area contributed by atoms with E-state index in [9.17, 15) is 13.6 Å². The molecule has 2 aromatic carbocycles. The van der Waals surface area contributed by atoms with Crippen LogP contribution in [0, 0.1) is 11.6 Å². The Morgan fingerprint density at radius 2 is 2.00 bits per heavy atom. The Morgan fingerprint density at radius 3 is 2.78 bits per heavy atom. The molecule has 1 heterocycles. The van der Waals surface area contributed by atoms with Crippen LogP contribution < -0.4 is 11.1 Å². The molecule has 0 saturated carbocycles. The molecule has 4 nitrogen and oxygen atoms in total. The summed E-state index contributed by atoms with van der Waals surface area (Å²) in [6, 6.07) is 12.9. The lowest BCUT2D eigenvalue weighted by atomic mass is 10.00. The number of amides is 1. The molecule has 3 N–H and O–H groups in total. The van der Waals surface area contributed by atoms with Gasteiger partial charge in [0.25, 0.3) is 0 Å². The van der Waals surface area contributed by atoms with Gasteiger partial charge in [-0.1, -0.05) is 30.3 Å². The van der Waals surface area contributed by atoms with Crippen molar-refractivity contribution in [3.63, 3.8) is 0 Å². The number of carbonyl (C=O) groups is 1. The molecule has 1 fully saturated rings. The molecule has 6 heteroatoms. The lowest BCUT2D eigenvalue weighted by Crippen LogP contribution is -2.55. The van der Waals surface area contributed by atoms with Gasteiger partial charge < -0.3 is 16.0 Å². The zero-order chi connectivity index (χ0) is 19.2. The molecule has 1 aliphatic heterocycles. The van der Waals surface area contributed by atoms with Crippen LogP contribution in [0.1, 0.15) is 17.5 Å². The Bertz CT molecular complexity index is 769. The van der Waals surface area contributed by atoms with E-state index < -0.39 is 17.7 Å². The third-order valence-corrected chi connectivity index (χ3v) is 4.91. The summed E-state index contributed by atoms with van der Waals surface area (Å²) in [5.74, 6) is -1.04. The van der Waals surface area contributed by atoms with E-state index in [1.165, 1.54) is 5.56 Å². The largest absolute Gasteiger partial charge is 0.337 e. The summed E-state index contributed by atoms with van der Waals surface area (Å²) in [6.07, 6.45) is 1.01. The molecule has 1 aliphatic rings. The molecule has 3 rings (SSSR count). The Balaban J connectivity index is 1.61. The van der Waals surface area contributed by atoms with E-state index >= 15 is 0 Å². The van der Waals surface area contributed by atoms with Crippen molar-refractivity contribution >= 4 is 5.91 Å². The van der Waals surface area contributed by atoms with Crippen LogP contribution in [0.25, 0.3) is 0 Å². The number of carbonyl (C=O) groups excluding carboxylic acids is 1. The Hall–Kier alpha value is -2.31. The molecule has 0 aromatic heterocycles. The minimum Gasteiger partial charge on any atom is -0.337 e. The van der Waals surface area contributed by atoms with Crippen molar-refractivity contribution in [3.05, 3.63) is 71.3 Å². The van der Waals surface area contributed by atoms with Gasteiger partial charge >= 0.3 is 0 Å². The van der Waals surface area contributed by atoms with E-state index in [0.29, 0.717) is 6.54 Å². The first-order chi connectivity index (χ1) is 13.0. The lowest BCUT2D eigenvalue weighted by molar-refractivity contribution is -0.134. The van der Waals surface area contributed by atoms with Gasteiger partial charge in [0, 0.05) is 38.1 Å². The Labute approximate surface area is 158 Å². The second-order valence-electron chi connectivity index (χ2n) is 7.04. The molecular weight excluding hydrogens is 348 g/mol. The topological polar surface area (TPSA) is 58.4 Å². The molecule has 0 bridgehead atoms. The van der Waals surface area contributed by atoms with Crippen LogP contribution in [-0.4, -0.2) is 42.5 Å². The highest BCUT2D eigenvalue weighted by atomic mass is 19.1. The van der Waals surface area contributed by atoms with Gasteiger partial charge in [0.05, 0.1) is 0 Å². The molecule has 0 aliphatic carbocycles. The van der Waals surface area contributed by atoms with Gasteiger partial charge in [-0.25, -0.2) is 8.78 Å². The van der Waals surface area contributed by atoms with Crippen LogP contribution in [0.5, 0.6) is 0 Å². The van der Waals surface area contributed by atoms with Gasteiger partial charge in [0.15, 0.2) is 0 Å². The van der Waals surface area contributed by atoms with Gasteiger partial charge in [0.2, 0.25) is 5.91 Å². The van der Waals surface area contributed by atoms with Gasteiger partial charge in [-0.3, -0.25) is 4.79 Å².